The molecular formula is C9H18O3Si. The Morgan fingerprint density at radius 3 is 2.38 bits per heavy atom. The minimum Gasteiger partial charge on any atom is -0.505 e. The van der Waals surface area contributed by atoms with Gasteiger partial charge in [-0.2, -0.15) is 0 Å². The first-order valence-corrected chi connectivity index (χ1v) is 6.91. The summed E-state index contributed by atoms with van der Waals surface area (Å²) in [4.78, 5) is 0. The standard InChI is InChI=1S/C9H18O3Si/c1-10-13(3,11-2)12-9-7-5-4-6-8-9/h7H,4-6,8H2,1-3H3. The second kappa shape index (κ2) is 4.79. The Kier molecular flexibility index (Phi) is 3.96. The largest absolute Gasteiger partial charge is 0.561 e. The summed E-state index contributed by atoms with van der Waals surface area (Å²) in [7, 11) is 0.923. The fourth-order valence-electron chi connectivity index (χ4n) is 1.31. The lowest BCUT2D eigenvalue weighted by atomic mass is 10.1. The van der Waals surface area contributed by atoms with E-state index >= 15 is 0 Å². The van der Waals surface area contributed by atoms with Gasteiger partial charge in [-0.15, -0.1) is 0 Å². The van der Waals surface area contributed by atoms with Crippen LogP contribution in [0.4, 0.5) is 0 Å². The summed E-state index contributed by atoms with van der Waals surface area (Å²) in [6.07, 6.45) is 6.77. The van der Waals surface area contributed by atoms with Crippen LogP contribution in [0.25, 0.3) is 0 Å². The average Bonchev–Trinajstić information content (AvgIpc) is 2.19. The zero-order chi connectivity index (χ0) is 9.73. The molecule has 0 N–H and O–H groups in total. The van der Waals surface area contributed by atoms with E-state index in [0.717, 1.165) is 18.6 Å². The smallest absolute Gasteiger partial charge is 0.505 e. The predicted molar refractivity (Wildman–Crippen MR) is 53.3 cm³/mol. The van der Waals surface area contributed by atoms with Gasteiger partial charge in [-0.1, -0.05) is 0 Å². The number of hydrogen-bond acceptors (Lipinski definition) is 3. The van der Waals surface area contributed by atoms with Crippen LogP contribution >= 0.6 is 0 Å². The van der Waals surface area contributed by atoms with Crippen LogP contribution in [-0.2, 0) is 13.3 Å². The number of hydrogen-bond donors (Lipinski definition) is 0. The molecule has 4 heteroatoms. The average molecular weight is 202 g/mol. The third kappa shape index (κ3) is 3.13. The summed E-state index contributed by atoms with van der Waals surface area (Å²) < 4.78 is 16.2. The van der Waals surface area contributed by atoms with Crippen LogP contribution < -0.4 is 0 Å². The molecule has 0 spiro atoms. The lowest BCUT2D eigenvalue weighted by Crippen LogP contribution is -2.40. The van der Waals surface area contributed by atoms with Gasteiger partial charge in [0.2, 0.25) is 0 Å². The van der Waals surface area contributed by atoms with Crippen molar-refractivity contribution in [2.24, 2.45) is 0 Å². The third-order valence-electron chi connectivity index (χ3n) is 2.31. The normalized spacial score (nSPS) is 18.2. The van der Waals surface area contributed by atoms with Crippen LogP contribution in [0, 0.1) is 0 Å². The summed E-state index contributed by atoms with van der Waals surface area (Å²) in [6.45, 7) is 1.91. The van der Waals surface area contributed by atoms with Crippen molar-refractivity contribution < 1.29 is 13.3 Å². The minimum atomic E-state index is -2.35. The van der Waals surface area contributed by atoms with E-state index in [2.05, 4.69) is 6.08 Å². The van der Waals surface area contributed by atoms with Crippen LogP contribution in [0.3, 0.4) is 0 Å². The van der Waals surface area contributed by atoms with Gasteiger partial charge in [-0.05, 0) is 25.3 Å². The van der Waals surface area contributed by atoms with Gasteiger partial charge in [0.15, 0.2) is 0 Å². The van der Waals surface area contributed by atoms with Crippen LogP contribution in [0.1, 0.15) is 25.7 Å². The maximum atomic E-state index is 5.73. The zero-order valence-corrected chi connectivity index (χ0v) is 9.63. The van der Waals surface area contributed by atoms with Crippen molar-refractivity contribution in [3.05, 3.63) is 11.8 Å². The molecule has 13 heavy (non-hydrogen) atoms. The quantitative estimate of drug-likeness (QED) is 0.655. The Hall–Kier alpha value is -0.323. The molecule has 1 aliphatic rings. The van der Waals surface area contributed by atoms with Crippen molar-refractivity contribution in [3.63, 3.8) is 0 Å². The van der Waals surface area contributed by atoms with Gasteiger partial charge in [-0.3, -0.25) is 0 Å². The Balaban J connectivity index is 2.49. The highest BCUT2D eigenvalue weighted by Gasteiger charge is 2.35. The predicted octanol–water partition coefficient (Wildman–Crippen LogP) is 2.32. The molecule has 0 bridgehead atoms. The number of rotatable bonds is 4. The first-order chi connectivity index (χ1) is 6.20. The molecule has 0 radical (unpaired) electrons. The highest BCUT2D eigenvalue weighted by atomic mass is 28.4. The first kappa shape index (κ1) is 10.8. The minimum absolute atomic E-state index is 1.02. The molecule has 0 saturated heterocycles. The van der Waals surface area contributed by atoms with Crippen LogP contribution in [-0.4, -0.2) is 23.0 Å². The van der Waals surface area contributed by atoms with Gasteiger partial charge >= 0.3 is 8.80 Å². The van der Waals surface area contributed by atoms with Crippen LogP contribution in [0.2, 0.25) is 6.55 Å². The van der Waals surface area contributed by atoms with Gasteiger partial charge in [-0.25, -0.2) is 0 Å². The lowest BCUT2D eigenvalue weighted by molar-refractivity contribution is 0.132. The molecular weight excluding hydrogens is 184 g/mol. The molecule has 0 saturated carbocycles. The summed E-state index contributed by atoms with van der Waals surface area (Å²) in [6, 6.07) is 0. The van der Waals surface area contributed by atoms with Gasteiger partial charge in [0.1, 0.15) is 0 Å². The third-order valence-corrected chi connectivity index (χ3v) is 4.42. The van der Waals surface area contributed by atoms with E-state index in [1.54, 1.807) is 14.2 Å². The summed E-state index contributed by atoms with van der Waals surface area (Å²) in [5, 5.41) is 0. The Morgan fingerprint density at radius 1 is 1.23 bits per heavy atom. The van der Waals surface area contributed by atoms with Gasteiger partial charge < -0.3 is 13.3 Å². The molecule has 0 amide bonds. The molecule has 0 aromatic rings. The van der Waals surface area contributed by atoms with Crippen molar-refractivity contribution in [3.8, 4) is 0 Å². The lowest BCUT2D eigenvalue weighted by Gasteiger charge is -2.26. The second-order valence-electron chi connectivity index (χ2n) is 3.29. The van der Waals surface area contributed by atoms with Crippen molar-refractivity contribution in [2.45, 2.75) is 32.2 Å². The number of allylic oxidation sites excluding steroid dienone is 2. The SMILES string of the molecule is CO[Si](C)(OC)OC1=CCCCC1. The van der Waals surface area contributed by atoms with Crippen molar-refractivity contribution in [1.29, 1.82) is 0 Å². The van der Waals surface area contributed by atoms with E-state index in [0.29, 0.717) is 0 Å². The molecule has 1 rings (SSSR count). The van der Waals surface area contributed by atoms with Crippen LogP contribution in [0.15, 0.2) is 11.8 Å². The van der Waals surface area contributed by atoms with E-state index in [1.165, 1.54) is 12.8 Å². The maximum Gasteiger partial charge on any atom is 0.561 e. The molecule has 0 aromatic heterocycles. The van der Waals surface area contributed by atoms with Crippen molar-refractivity contribution in [1.82, 2.24) is 0 Å². The Morgan fingerprint density at radius 2 is 1.92 bits per heavy atom. The Labute approximate surface area is 81.1 Å². The van der Waals surface area contributed by atoms with E-state index in [9.17, 15) is 0 Å². The summed E-state index contributed by atoms with van der Waals surface area (Å²) in [5.41, 5.74) is 0. The van der Waals surface area contributed by atoms with Crippen molar-refractivity contribution >= 4 is 8.80 Å². The highest BCUT2D eigenvalue weighted by molar-refractivity contribution is 6.59. The maximum absolute atomic E-state index is 5.73. The van der Waals surface area contributed by atoms with Gasteiger partial charge in [0.05, 0.1) is 5.76 Å². The molecule has 0 atom stereocenters. The fourth-order valence-corrected chi connectivity index (χ4v) is 2.30. The Bertz CT molecular complexity index is 187. The molecule has 76 valence electrons. The van der Waals surface area contributed by atoms with E-state index < -0.39 is 8.80 Å². The monoisotopic (exact) mass is 202 g/mol. The molecule has 3 nitrogen and oxygen atoms in total. The molecule has 0 aromatic carbocycles. The molecule has 0 aliphatic heterocycles. The fraction of sp³-hybridized carbons (Fsp3) is 0.778. The molecule has 1 aliphatic carbocycles. The van der Waals surface area contributed by atoms with E-state index in [-0.39, 0.29) is 0 Å². The van der Waals surface area contributed by atoms with Gasteiger partial charge in [0, 0.05) is 27.2 Å². The van der Waals surface area contributed by atoms with Crippen molar-refractivity contribution in [2.75, 3.05) is 14.2 Å². The van der Waals surface area contributed by atoms with E-state index in [4.69, 9.17) is 13.3 Å². The molecule has 0 heterocycles. The zero-order valence-electron chi connectivity index (χ0n) is 8.63. The topological polar surface area (TPSA) is 27.7 Å². The highest BCUT2D eigenvalue weighted by Crippen LogP contribution is 2.22. The summed E-state index contributed by atoms with van der Waals surface area (Å²) in [5.74, 6) is 1.05. The summed E-state index contributed by atoms with van der Waals surface area (Å²) >= 11 is 0. The molecule has 0 fully saturated rings. The van der Waals surface area contributed by atoms with Crippen LogP contribution in [0.5, 0.6) is 0 Å². The van der Waals surface area contributed by atoms with E-state index in [1.807, 2.05) is 6.55 Å². The second-order valence-corrected chi connectivity index (χ2v) is 6.03. The molecule has 0 unspecified atom stereocenters. The van der Waals surface area contributed by atoms with Gasteiger partial charge in [0.25, 0.3) is 0 Å². The first-order valence-electron chi connectivity index (χ1n) is 4.68.